The highest BCUT2D eigenvalue weighted by Crippen LogP contribution is 2.19. The Bertz CT molecular complexity index is 834. The monoisotopic (exact) mass is 499 g/mol. The fourth-order valence-corrected chi connectivity index (χ4v) is 4.02. The molecule has 1 aliphatic rings. The number of halogens is 1. The summed E-state index contributed by atoms with van der Waals surface area (Å²) >= 11 is 0. The zero-order chi connectivity index (χ0) is 26.8. The average Bonchev–Trinajstić information content (AvgIpc) is 2.84. The molecule has 36 heavy (non-hydrogen) atoms. The lowest BCUT2D eigenvalue weighted by Gasteiger charge is -2.36. The molecule has 1 aromatic rings. The molecule has 1 aliphatic heterocycles. The van der Waals surface area contributed by atoms with Crippen LogP contribution in [0, 0.1) is 12.7 Å². The normalized spacial score (nSPS) is 15.5. The summed E-state index contributed by atoms with van der Waals surface area (Å²) in [6.07, 6.45) is 15.2. The Labute approximate surface area is 220 Å². The minimum Gasteiger partial charge on any atom is -0.403 e. The number of hydrogen-bond donors (Lipinski definition) is 2. The van der Waals surface area contributed by atoms with Crippen LogP contribution in [0.15, 0.2) is 59.4 Å². The van der Waals surface area contributed by atoms with Gasteiger partial charge in [-0.1, -0.05) is 57.6 Å². The van der Waals surface area contributed by atoms with Crippen LogP contribution in [0.2, 0.25) is 0 Å². The molecule has 0 aliphatic carbocycles. The molecule has 0 atom stereocenters. The van der Waals surface area contributed by atoms with Gasteiger partial charge in [0.1, 0.15) is 5.82 Å². The fraction of sp³-hybridized carbons (Fsp3) is 0.567. The van der Waals surface area contributed by atoms with Crippen molar-refractivity contribution >= 4 is 6.34 Å². The molecule has 0 aromatic heterocycles. The van der Waals surface area contributed by atoms with Crippen molar-refractivity contribution in [2.75, 3.05) is 33.2 Å². The Hall–Kier alpha value is -2.44. The number of likely N-dealkylation sites (tertiary alicyclic amines) is 1. The van der Waals surface area contributed by atoms with E-state index in [1.807, 2.05) is 31.6 Å². The van der Waals surface area contributed by atoms with Crippen molar-refractivity contribution in [2.24, 2.45) is 10.7 Å². The first-order chi connectivity index (χ1) is 17.3. The van der Waals surface area contributed by atoms with Gasteiger partial charge in [0, 0.05) is 30.9 Å². The number of nitrogens with two attached hydrogens (primary N) is 1. The van der Waals surface area contributed by atoms with Crippen LogP contribution in [0.5, 0.6) is 0 Å². The number of piperidine rings is 1. The van der Waals surface area contributed by atoms with Gasteiger partial charge in [-0.05, 0) is 82.6 Å². The van der Waals surface area contributed by atoms with Gasteiger partial charge < -0.3 is 16.0 Å². The molecule has 0 saturated carbocycles. The second-order valence-electron chi connectivity index (χ2n) is 9.75. The molecule has 1 saturated heterocycles. The molecule has 0 spiro atoms. The molecule has 2 rings (SSSR count). The van der Waals surface area contributed by atoms with Crippen molar-refractivity contribution in [3.8, 4) is 0 Å². The summed E-state index contributed by atoms with van der Waals surface area (Å²) in [5, 5.41) is 3.21. The third-order valence-electron chi connectivity index (χ3n) is 6.26. The van der Waals surface area contributed by atoms with E-state index in [0.29, 0.717) is 18.3 Å². The van der Waals surface area contributed by atoms with E-state index in [0.717, 1.165) is 63.0 Å². The molecule has 1 heterocycles. The van der Waals surface area contributed by atoms with Crippen LogP contribution in [-0.2, 0) is 6.54 Å². The zero-order valence-corrected chi connectivity index (χ0v) is 23.4. The molecule has 202 valence electrons. The van der Waals surface area contributed by atoms with Crippen LogP contribution >= 0.6 is 0 Å². The van der Waals surface area contributed by atoms with Crippen molar-refractivity contribution in [1.82, 2.24) is 15.1 Å². The van der Waals surface area contributed by atoms with Crippen LogP contribution in [-0.4, -0.2) is 55.4 Å². The van der Waals surface area contributed by atoms with Crippen LogP contribution in [0.4, 0.5) is 4.39 Å². The average molecular weight is 500 g/mol. The summed E-state index contributed by atoms with van der Waals surface area (Å²) in [7, 11) is 2.19. The summed E-state index contributed by atoms with van der Waals surface area (Å²) in [6, 6.07) is 6.14. The predicted molar refractivity (Wildman–Crippen MR) is 155 cm³/mol. The minimum absolute atomic E-state index is 0.0795. The Kier molecular flexibility index (Phi) is 16.5. The van der Waals surface area contributed by atoms with Crippen LogP contribution in [0.25, 0.3) is 0 Å². The Morgan fingerprint density at radius 2 is 2.00 bits per heavy atom. The lowest BCUT2D eigenvalue weighted by atomic mass is 10.0. The highest BCUT2D eigenvalue weighted by Gasteiger charge is 2.22. The van der Waals surface area contributed by atoms with Crippen LogP contribution in [0.1, 0.15) is 70.4 Å². The number of rotatable bonds is 13. The first-order valence-corrected chi connectivity index (χ1v) is 13.4. The van der Waals surface area contributed by atoms with Crippen molar-refractivity contribution in [3.05, 3.63) is 71.3 Å². The Balaban J connectivity index is 0.00000150. The largest absolute Gasteiger partial charge is 0.403 e. The molecule has 0 amide bonds. The zero-order valence-electron chi connectivity index (χ0n) is 23.4. The van der Waals surface area contributed by atoms with Crippen molar-refractivity contribution in [1.29, 1.82) is 0 Å². The molecule has 3 N–H and O–H groups in total. The molecular weight excluding hydrogens is 449 g/mol. The number of unbranched alkanes of at least 4 members (excludes halogenated alkanes) is 2. The van der Waals surface area contributed by atoms with Gasteiger partial charge in [-0.3, -0.25) is 9.89 Å². The van der Waals surface area contributed by atoms with Gasteiger partial charge in [0.05, 0.1) is 12.9 Å². The number of hydrogen-bond acceptors (Lipinski definition) is 4. The smallest absolute Gasteiger partial charge is 0.127 e. The number of likely N-dealkylation sites (N-methyl/N-ethyl adjacent to an activating group) is 1. The van der Waals surface area contributed by atoms with Gasteiger partial charge in [0.2, 0.25) is 0 Å². The molecule has 1 aromatic carbocycles. The van der Waals surface area contributed by atoms with E-state index in [1.165, 1.54) is 18.4 Å². The van der Waals surface area contributed by atoms with Crippen LogP contribution < -0.4 is 11.1 Å². The maximum Gasteiger partial charge on any atom is 0.127 e. The standard InChI is InChI=1S/C27H43FN4.C3H7N/c1-5-7-8-9-10-24(6-2)20-30-22-29-15-18-31(4)26-13-16-32(17-14-26)21-25-12-11-23(3)19-27(25)28;1-3(2)4/h9-12,19-20,22,26H,5-8,13-18,21H2,1-4H3,(H,29,30);1,4H2,2H3/b10-9-,24-20-;. The minimum atomic E-state index is -0.0795. The molecule has 0 radical (unpaired) electrons. The summed E-state index contributed by atoms with van der Waals surface area (Å²) in [5.74, 6) is -0.0795. The van der Waals surface area contributed by atoms with Gasteiger partial charge in [0.15, 0.2) is 0 Å². The molecule has 6 heteroatoms. The quantitative estimate of drug-likeness (QED) is 0.148. The summed E-state index contributed by atoms with van der Waals surface area (Å²) in [6.45, 7) is 15.9. The Morgan fingerprint density at radius 3 is 2.61 bits per heavy atom. The van der Waals surface area contributed by atoms with Crippen molar-refractivity contribution < 1.29 is 4.39 Å². The number of benzene rings is 1. The highest BCUT2D eigenvalue weighted by molar-refractivity contribution is 5.56. The van der Waals surface area contributed by atoms with E-state index >= 15 is 0 Å². The number of aliphatic imine (C=N–C) groups is 1. The Morgan fingerprint density at radius 1 is 1.31 bits per heavy atom. The summed E-state index contributed by atoms with van der Waals surface area (Å²) in [4.78, 5) is 9.30. The first-order valence-electron chi connectivity index (χ1n) is 13.4. The van der Waals surface area contributed by atoms with Gasteiger partial charge in [-0.2, -0.15) is 0 Å². The third kappa shape index (κ3) is 14.2. The van der Waals surface area contributed by atoms with E-state index in [-0.39, 0.29) is 5.82 Å². The SMILES string of the molecule is C=C(C)N.CCCC/C=C\C(=C/NC=NCCN(C)C1CCN(Cc2ccc(C)cc2F)CC1)CC. The summed E-state index contributed by atoms with van der Waals surface area (Å²) < 4.78 is 14.1. The predicted octanol–water partition coefficient (Wildman–Crippen LogP) is 6.17. The van der Waals surface area contributed by atoms with Crippen LogP contribution in [0.3, 0.4) is 0 Å². The van der Waals surface area contributed by atoms with Gasteiger partial charge in [0.25, 0.3) is 0 Å². The molecule has 1 fully saturated rings. The van der Waals surface area contributed by atoms with Crippen molar-refractivity contribution in [3.63, 3.8) is 0 Å². The molecule has 0 bridgehead atoms. The van der Waals surface area contributed by atoms with E-state index in [9.17, 15) is 4.39 Å². The van der Waals surface area contributed by atoms with Gasteiger partial charge in [-0.15, -0.1) is 0 Å². The molecule has 5 nitrogen and oxygen atoms in total. The number of aryl methyl sites for hydroxylation is 1. The maximum atomic E-state index is 14.1. The highest BCUT2D eigenvalue weighted by atomic mass is 19.1. The lowest BCUT2D eigenvalue weighted by molar-refractivity contribution is 0.125. The number of nitrogens with one attached hydrogen (secondary N) is 1. The van der Waals surface area contributed by atoms with E-state index < -0.39 is 0 Å². The fourth-order valence-electron chi connectivity index (χ4n) is 4.02. The molecule has 0 unspecified atom stereocenters. The van der Waals surface area contributed by atoms with E-state index in [1.54, 1.807) is 13.0 Å². The number of nitrogens with zero attached hydrogens (tertiary/aromatic N) is 3. The maximum absolute atomic E-state index is 14.1. The third-order valence-corrected chi connectivity index (χ3v) is 6.26. The lowest BCUT2D eigenvalue weighted by Crippen LogP contribution is -2.43. The second-order valence-corrected chi connectivity index (χ2v) is 9.75. The van der Waals surface area contributed by atoms with Gasteiger partial charge >= 0.3 is 0 Å². The van der Waals surface area contributed by atoms with E-state index in [4.69, 9.17) is 5.73 Å². The van der Waals surface area contributed by atoms with Gasteiger partial charge in [-0.25, -0.2) is 4.39 Å². The first kappa shape index (κ1) is 31.6. The second kappa shape index (κ2) is 18.8. The summed E-state index contributed by atoms with van der Waals surface area (Å²) in [5.41, 5.74) is 8.66. The van der Waals surface area contributed by atoms with Crippen molar-refractivity contribution in [2.45, 2.75) is 78.8 Å². The topological polar surface area (TPSA) is 56.9 Å². The van der Waals surface area contributed by atoms with E-state index in [2.05, 4.69) is 59.7 Å². The molecular formula is C30H50FN5. The number of allylic oxidation sites excluding steroid dienone is 4.